The molecule has 10 heteroatoms. The van der Waals surface area contributed by atoms with Gasteiger partial charge in [-0.3, -0.25) is 14.5 Å². The monoisotopic (exact) mass is 432 g/mol. The first kappa shape index (κ1) is 20.6. The molecule has 2 N–H and O–H groups in total. The number of nitrogens with one attached hydrogen (secondary N) is 2. The highest BCUT2D eigenvalue weighted by Gasteiger charge is 2.13. The lowest BCUT2D eigenvalue weighted by atomic mass is 10.2. The fourth-order valence-electron chi connectivity index (χ4n) is 2.46. The van der Waals surface area contributed by atoms with Crippen molar-refractivity contribution in [2.45, 2.75) is 6.54 Å². The Balaban J connectivity index is 1.65. The van der Waals surface area contributed by atoms with Gasteiger partial charge >= 0.3 is 5.97 Å². The smallest absolute Gasteiger partial charge is 0.343 e. The van der Waals surface area contributed by atoms with Crippen LogP contribution in [-0.2, 0) is 20.9 Å². The van der Waals surface area contributed by atoms with Crippen LogP contribution < -0.4 is 10.1 Å². The second kappa shape index (κ2) is 9.35. The van der Waals surface area contributed by atoms with Crippen LogP contribution in [0.15, 0.2) is 48.5 Å². The van der Waals surface area contributed by atoms with E-state index in [0.29, 0.717) is 27.1 Å². The van der Waals surface area contributed by atoms with Gasteiger partial charge in [0.15, 0.2) is 17.2 Å². The Hall–Kier alpha value is -3.17. The topological polar surface area (TPSA) is 98.2 Å². The summed E-state index contributed by atoms with van der Waals surface area (Å²) in [6.45, 7) is -0.206. The first-order valence-electron chi connectivity index (χ1n) is 8.47. The molecule has 0 atom stereocenters. The molecule has 1 heterocycles. The van der Waals surface area contributed by atoms with Gasteiger partial charge < -0.3 is 14.8 Å². The quantitative estimate of drug-likeness (QED) is 0.438. The molecule has 0 radical (unpaired) electrons. The first-order chi connectivity index (χ1) is 14.0. The van der Waals surface area contributed by atoms with Crippen LogP contribution in [0, 0.1) is 4.77 Å². The number of hydrogen-bond donors (Lipinski definition) is 2. The maximum Gasteiger partial charge on any atom is 0.343 e. The van der Waals surface area contributed by atoms with E-state index in [9.17, 15) is 9.59 Å². The van der Waals surface area contributed by atoms with Crippen molar-refractivity contribution in [2.75, 3.05) is 19.0 Å². The van der Waals surface area contributed by atoms with Crippen molar-refractivity contribution < 1.29 is 19.1 Å². The Labute approximate surface area is 176 Å². The number of amides is 1. The summed E-state index contributed by atoms with van der Waals surface area (Å²) in [5.74, 6) is 0.264. The molecule has 2 aromatic carbocycles. The van der Waals surface area contributed by atoms with Crippen molar-refractivity contribution in [3.63, 3.8) is 0 Å². The number of methoxy groups -OCH3 is 1. The number of rotatable bonds is 7. The summed E-state index contributed by atoms with van der Waals surface area (Å²) in [5.41, 5.74) is 1.35. The van der Waals surface area contributed by atoms with E-state index in [1.54, 1.807) is 53.1 Å². The van der Waals surface area contributed by atoms with Gasteiger partial charge in [0.2, 0.25) is 5.91 Å². The van der Waals surface area contributed by atoms with Gasteiger partial charge in [-0.25, -0.2) is 4.79 Å². The molecule has 29 heavy (non-hydrogen) atoms. The fourth-order valence-corrected chi connectivity index (χ4v) is 2.79. The molecule has 0 aliphatic rings. The lowest BCUT2D eigenvalue weighted by molar-refractivity contribution is -0.142. The molecule has 150 valence electrons. The predicted molar refractivity (Wildman–Crippen MR) is 110 cm³/mol. The molecule has 3 aromatic rings. The summed E-state index contributed by atoms with van der Waals surface area (Å²) >= 11 is 11.2. The molecule has 1 aromatic heterocycles. The normalized spacial score (nSPS) is 10.4. The van der Waals surface area contributed by atoms with Crippen molar-refractivity contribution in [1.82, 2.24) is 14.8 Å². The molecule has 0 fully saturated rings. The molecule has 0 aliphatic carbocycles. The third-order valence-corrected chi connectivity index (χ3v) is 4.45. The number of halogens is 1. The average Bonchev–Trinajstić information content (AvgIpc) is 3.08. The van der Waals surface area contributed by atoms with Gasteiger partial charge in [-0.15, -0.1) is 0 Å². The van der Waals surface area contributed by atoms with Crippen LogP contribution in [0.1, 0.15) is 0 Å². The Kier molecular flexibility index (Phi) is 6.63. The second-order valence-electron chi connectivity index (χ2n) is 5.88. The number of ether oxygens (including phenoxy) is 2. The summed E-state index contributed by atoms with van der Waals surface area (Å²) in [6.07, 6.45) is 0. The number of hydrogen-bond acceptors (Lipinski definition) is 6. The molecule has 0 spiro atoms. The van der Waals surface area contributed by atoms with E-state index in [1.807, 2.05) is 0 Å². The van der Waals surface area contributed by atoms with Crippen LogP contribution in [-0.4, -0.2) is 40.4 Å². The number of esters is 1. The summed E-state index contributed by atoms with van der Waals surface area (Å²) in [6, 6.07) is 13.7. The summed E-state index contributed by atoms with van der Waals surface area (Å²) < 4.78 is 11.7. The summed E-state index contributed by atoms with van der Waals surface area (Å²) in [4.78, 5) is 23.6. The number of nitrogens with zero attached hydrogens (tertiary/aromatic N) is 2. The largest absolute Gasteiger partial charge is 0.482 e. The lowest BCUT2D eigenvalue weighted by Gasteiger charge is -2.09. The minimum absolute atomic E-state index is 0.0200. The van der Waals surface area contributed by atoms with Crippen molar-refractivity contribution >= 4 is 41.4 Å². The summed E-state index contributed by atoms with van der Waals surface area (Å²) in [7, 11) is 1.29. The number of aromatic nitrogens is 3. The van der Waals surface area contributed by atoms with Crippen LogP contribution in [0.3, 0.4) is 0 Å². The summed E-state index contributed by atoms with van der Waals surface area (Å²) in [5, 5.41) is 10.3. The van der Waals surface area contributed by atoms with Gasteiger partial charge in [0.1, 0.15) is 12.3 Å². The van der Waals surface area contributed by atoms with E-state index >= 15 is 0 Å². The minimum atomic E-state index is -0.476. The fraction of sp³-hybridized carbons (Fsp3) is 0.158. The van der Waals surface area contributed by atoms with E-state index in [0.717, 1.165) is 5.56 Å². The van der Waals surface area contributed by atoms with Crippen LogP contribution in [0.25, 0.3) is 11.4 Å². The highest BCUT2D eigenvalue weighted by Crippen LogP contribution is 2.20. The van der Waals surface area contributed by atoms with E-state index in [2.05, 4.69) is 20.3 Å². The van der Waals surface area contributed by atoms with Crippen molar-refractivity contribution in [3.05, 3.63) is 58.3 Å². The molecule has 0 aliphatic heterocycles. The third kappa shape index (κ3) is 5.43. The maximum absolute atomic E-state index is 12.5. The van der Waals surface area contributed by atoms with E-state index < -0.39 is 5.97 Å². The molecule has 3 rings (SSSR count). The van der Waals surface area contributed by atoms with E-state index in [4.69, 9.17) is 28.6 Å². The molecular formula is C19H17ClN4O4S. The van der Waals surface area contributed by atoms with Crippen LogP contribution in [0.5, 0.6) is 5.75 Å². The van der Waals surface area contributed by atoms with Gasteiger partial charge in [0, 0.05) is 16.3 Å². The minimum Gasteiger partial charge on any atom is -0.482 e. The third-order valence-electron chi connectivity index (χ3n) is 3.88. The Morgan fingerprint density at radius 3 is 2.52 bits per heavy atom. The zero-order chi connectivity index (χ0) is 20.8. The Morgan fingerprint density at radius 2 is 1.86 bits per heavy atom. The van der Waals surface area contributed by atoms with Crippen LogP contribution in [0.4, 0.5) is 5.69 Å². The number of anilines is 1. The molecule has 0 saturated heterocycles. The number of benzene rings is 2. The van der Waals surface area contributed by atoms with E-state index in [-0.39, 0.29) is 19.1 Å². The second-order valence-corrected chi connectivity index (χ2v) is 6.71. The average molecular weight is 433 g/mol. The zero-order valence-electron chi connectivity index (χ0n) is 15.3. The molecule has 0 saturated carbocycles. The standard InChI is InChI=1S/C19H17ClN4O4S/c1-27-17(26)11-28-15-8-6-14(7-9-15)21-16(25)10-24-18(22-23-19(24)29)12-2-4-13(20)5-3-12/h2-9H,10-11H2,1H3,(H,21,25)(H,23,29). The lowest BCUT2D eigenvalue weighted by Crippen LogP contribution is -2.19. The highest BCUT2D eigenvalue weighted by molar-refractivity contribution is 7.71. The van der Waals surface area contributed by atoms with Crippen molar-refractivity contribution in [2.24, 2.45) is 0 Å². The Morgan fingerprint density at radius 1 is 1.17 bits per heavy atom. The molecule has 0 unspecified atom stereocenters. The highest BCUT2D eigenvalue weighted by atomic mass is 35.5. The van der Waals surface area contributed by atoms with Gasteiger partial charge in [-0.05, 0) is 60.7 Å². The molecule has 1 amide bonds. The SMILES string of the molecule is COC(=O)COc1ccc(NC(=O)Cn2c(-c3ccc(Cl)cc3)n[nH]c2=S)cc1. The van der Waals surface area contributed by atoms with Gasteiger partial charge in [-0.1, -0.05) is 11.6 Å². The van der Waals surface area contributed by atoms with E-state index in [1.165, 1.54) is 7.11 Å². The number of aromatic amines is 1. The zero-order valence-corrected chi connectivity index (χ0v) is 16.9. The van der Waals surface area contributed by atoms with Gasteiger partial charge in [0.05, 0.1) is 7.11 Å². The van der Waals surface area contributed by atoms with Gasteiger partial charge in [0.25, 0.3) is 0 Å². The molecule has 8 nitrogen and oxygen atoms in total. The number of carbonyl (C=O) groups excluding carboxylic acids is 2. The molecular weight excluding hydrogens is 416 g/mol. The van der Waals surface area contributed by atoms with Crippen LogP contribution in [0.2, 0.25) is 5.02 Å². The van der Waals surface area contributed by atoms with Crippen molar-refractivity contribution in [1.29, 1.82) is 0 Å². The first-order valence-corrected chi connectivity index (χ1v) is 9.25. The number of carbonyl (C=O) groups is 2. The van der Waals surface area contributed by atoms with Crippen molar-refractivity contribution in [3.8, 4) is 17.1 Å². The van der Waals surface area contributed by atoms with Crippen LogP contribution >= 0.6 is 23.8 Å². The van der Waals surface area contributed by atoms with Gasteiger partial charge in [-0.2, -0.15) is 5.10 Å². The molecule has 0 bridgehead atoms. The maximum atomic E-state index is 12.5. The Bertz CT molecular complexity index is 1060. The predicted octanol–water partition coefficient (Wildman–Crippen LogP) is 3.45. The number of H-pyrrole nitrogens is 1.